The number of halogens is 1. The minimum Gasteiger partial charge on any atom is -0.360 e. The molecular formula is C9H9BrN4OS. The van der Waals surface area contributed by atoms with E-state index >= 15 is 0 Å². The van der Waals surface area contributed by atoms with Crippen molar-refractivity contribution in [2.75, 3.05) is 5.32 Å². The minimum atomic E-state index is -0.205. The van der Waals surface area contributed by atoms with E-state index in [9.17, 15) is 4.79 Å². The van der Waals surface area contributed by atoms with E-state index < -0.39 is 0 Å². The lowest BCUT2D eigenvalue weighted by Gasteiger charge is -2.12. The number of aromatic nitrogens is 3. The Labute approximate surface area is 104 Å². The molecule has 0 spiro atoms. The normalized spacial score (nSPS) is 12.4. The molecule has 0 saturated heterocycles. The first-order valence-electron chi connectivity index (χ1n) is 4.57. The van der Waals surface area contributed by atoms with Gasteiger partial charge in [-0.3, -0.25) is 4.79 Å². The molecule has 0 aliphatic rings. The highest BCUT2D eigenvalue weighted by molar-refractivity contribution is 9.10. The van der Waals surface area contributed by atoms with E-state index in [1.54, 1.807) is 17.5 Å². The monoisotopic (exact) mass is 300 g/mol. The van der Waals surface area contributed by atoms with Crippen LogP contribution in [0.2, 0.25) is 0 Å². The molecule has 84 valence electrons. The van der Waals surface area contributed by atoms with Gasteiger partial charge in [0.05, 0.1) is 12.4 Å². The molecule has 0 saturated carbocycles. The van der Waals surface area contributed by atoms with Gasteiger partial charge in [0.1, 0.15) is 15.3 Å². The van der Waals surface area contributed by atoms with Gasteiger partial charge in [0, 0.05) is 11.6 Å². The first-order valence-corrected chi connectivity index (χ1v) is 6.25. The fourth-order valence-corrected chi connectivity index (χ4v) is 2.18. The van der Waals surface area contributed by atoms with E-state index in [1.807, 2.05) is 12.3 Å². The molecule has 16 heavy (non-hydrogen) atoms. The van der Waals surface area contributed by atoms with Crippen LogP contribution in [0.15, 0.2) is 27.2 Å². The topological polar surface area (TPSA) is 70.7 Å². The van der Waals surface area contributed by atoms with Gasteiger partial charge in [-0.1, -0.05) is 0 Å². The summed E-state index contributed by atoms with van der Waals surface area (Å²) < 4.78 is 0.401. The molecule has 1 unspecified atom stereocenters. The molecule has 0 fully saturated rings. The Hall–Kier alpha value is -1.21. The predicted octanol–water partition coefficient (Wildman–Crippen LogP) is 2.16. The van der Waals surface area contributed by atoms with Crippen molar-refractivity contribution in [3.63, 3.8) is 0 Å². The Morgan fingerprint density at radius 2 is 2.38 bits per heavy atom. The van der Waals surface area contributed by atoms with Gasteiger partial charge in [0.15, 0.2) is 0 Å². The highest BCUT2D eigenvalue weighted by Crippen LogP contribution is 2.22. The highest BCUT2D eigenvalue weighted by Gasteiger charge is 2.11. The number of rotatable bonds is 3. The summed E-state index contributed by atoms with van der Waals surface area (Å²) in [5.74, 6) is 0.520. The zero-order valence-corrected chi connectivity index (χ0v) is 10.8. The van der Waals surface area contributed by atoms with Crippen LogP contribution in [0.3, 0.4) is 0 Å². The summed E-state index contributed by atoms with van der Waals surface area (Å²) in [6, 6.07) is 0.0191. The summed E-state index contributed by atoms with van der Waals surface area (Å²) >= 11 is 4.74. The van der Waals surface area contributed by atoms with Crippen molar-refractivity contribution in [3.05, 3.63) is 37.7 Å². The molecule has 0 radical (unpaired) electrons. The maximum atomic E-state index is 11.3. The number of anilines is 1. The van der Waals surface area contributed by atoms with Gasteiger partial charge in [-0.15, -0.1) is 11.3 Å². The number of nitrogens with zero attached hydrogens (tertiary/aromatic N) is 2. The molecule has 2 rings (SSSR count). The van der Waals surface area contributed by atoms with Crippen LogP contribution in [0.4, 0.5) is 5.82 Å². The average Bonchev–Trinajstić information content (AvgIpc) is 2.78. The maximum Gasteiger partial charge on any atom is 0.267 e. The number of H-pyrrole nitrogens is 1. The van der Waals surface area contributed by atoms with E-state index in [0.29, 0.717) is 10.3 Å². The van der Waals surface area contributed by atoms with Crippen molar-refractivity contribution in [1.82, 2.24) is 15.0 Å². The summed E-state index contributed by atoms with van der Waals surface area (Å²) in [7, 11) is 0. The fraction of sp³-hybridized carbons (Fsp3) is 0.222. The lowest BCUT2D eigenvalue weighted by molar-refractivity contribution is 0.854. The molecule has 0 aromatic carbocycles. The van der Waals surface area contributed by atoms with Gasteiger partial charge in [-0.2, -0.15) is 0 Å². The van der Waals surface area contributed by atoms with Crippen molar-refractivity contribution in [2.45, 2.75) is 13.0 Å². The zero-order chi connectivity index (χ0) is 11.5. The van der Waals surface area contributed by atoms with E-state index in [4.69, 9.17) is 0 Å². The number of nitrogens with one attached hydrogen (secondary N) is 2. The third-order valence-corrected chi connectivity index (χ3v) is 3.67. The molecule has 5 nitrogen and oxygen atoms in total. The van der Waals surface area contributed by atoms with E-state index in [1.165, 1.54) is 6.33 Å². The molecular weight excluding hydrogens is 292 g/mol. The molecule has 2 N–H and O–H groups in total. The second kappa shape index (κ2) is 4.75. The van der Waals surface area contributed by atoms with Gasteiger partial charge in [0.2, 0.25) is 0 Å². The van der Waals surface area contributed by atoms with Crippen molar-refractivity contribution in [1.29, 1.82) is 0 Å². The summed E-state index contributed by atoms with van der Waals surface area (Å²) in [5.41, 5.74) is -0.205. The Balaban J connectivity index is 2.21. The van der Waals surface area contributed by atoms with Crippen LogP contribution < -0.4 is 10.9 Å². The molecule has 2 aromatic rings. The summed E-state index contributed by atoms with van der Waals surface area (Å²) in [6.45, 7) is 1.97. The zero-order valence-electron chi connectivity index (χ0n) is 8.40. The standard InChI is InChI=1S/C9H9BrN4OS/c1-5(9-11-2-3-16-9)14-7-6(10)8(15)13-4-12-7/h2-5H,1H3,(H2,12,13,14,15). The molecule has 2 heterocycles. The molecule has 0 bridgehead atoms. The lowest BCUT2D eigenvalue weighted by Crippen LogP contribution is -2.14. The molecule has 7 heteroatoms. The van der Waals surface area contributed by atoms with Crippen molar-refractivity contribution in [3.8, 4) is 0 Å². The first-order chi connectivity index (χ1) is 7.68. The smallest absolute Gasteiger partial charge is 0.267 e. The summed E-state index contributed by atoms with van der Waals surface area (Å²) in [5, 5.41) is 5.99. The second-order valence-electron chi connectivity index (χ2n) is 3.13. The van der Waals surface area contributed by atoms with Gasteiger partial charge in [-0.05, 0) is 22.9 Å². The number of hydrogen-bond donors (Lipinski definition) is 2. The lowest BCUT2D eigenvalue weighted by atomic mass is 10.3. The number of aromatic amines is 1. The van der Waals surface area contributed by atoms with E-state index in [0.717, 1.165) is 5.01 Å². The van der Waals surface area contributed by atoms with Crippen molar-refractivity contribution < 1.29 is 0 Å². The van der Waals surface area contributed by atoms with Crippen LogP contribution in [-0.4, -0.2) is 15.0 Å². The largest absolute Gasteiger partial charge is 0.360 e. The Kier molecular flexibility index (Phi) is 3.35. The van der Waals surface area contributed by atoms with E-state index in [2.05, 4.69) is 36.2 Å². The third-order valence-electron chi connectivity index (χ3n) is 1.97. The Morgan fingerprint density at radius 1 is 1.56 bits per heavy atom. The van der Waals surface area contributed by atoms with E-state index in [-0.39, 0.29) is 11.6 Å². The van der Waals surface area contributed by atoms with Gasteiger partial charge >= 0.3 is 0 Å². The number of thiazole rings is 1. The van der Waals surface area contributed by atoms with Crippen molar-refractivity contribution in [2.24, 2.45) is 0 Å². The SMILES string of the molecule is CC(Nc1nc[nH]c(=O)c1Br)c1nccs1. The quantitative estimate of drug-likeness (QED) is 0.911. The minimum absolute atomic E-state index is 0.0191. The van der Waals surface area contributed by atoms with Crippen LogP contribution in [-0.2, 0) is 0 Å². The maximum absolute atomic E-state index is 11.3. The van der Waals surface area contributed by atoms with Gasteiger partial charge < -0.3 is 10.3 Å². The molecule has 0 amide bonds. The first kappa shape index (κ1) is 11.3. The van der Waals surface area contributed by atoms with Gasteiger partial charge in [-0.25, -0.2) is 9.97 Å². The fourth-order valence-electron chi connectivity index (χ4n) is 1.20. The Bertz CT molecular complexity index is 525. The number of hydrogen-bond acceptors (Lipinski definition) is 5. The van der Waals surface area contributed by atoms with Crippen LogP contribution in [0, 0.1) is 0 Å². The molecule has 1 atom stereocenters. The summed E-state index contributed by atoms with van der Waals surface area (Å²) in [4.78, 5) is 22.0. The van der Waals surface area contributed by atoms with Crippen molar-refractivity contribution >= 4 is 33.1 Å². The molecule has 0 aliphatic heterocycles. The van der Waals surface area contributed by atoms with Crippen LogP contribution in [0.25, 0.3) is 0 Å². The van der Waals surface area contributed by atoms with Crippen LogP contribution in [0.1, 0.15) is 18.0 Å². The average molecular weight is 301 g/mol. The van der Waals surface area contributed by atoms with Crippen LogP contribution >= 0.6 is 27.3 Å². The summed E-state index contributed by atoms with van der Waals surface area (Å²) in [6.07, 6.45) is 3.11. The predicted molar refractivity (Wildman–Crippen MR) is 66.7 cm³/mol. The second-order valence-corrected chi connectivity index (χ2v) is 4.85. The third kappa shape index (κ3) is 2.30. The Morgan fingerprint density at radius 3 is 3.06 bits per heavy atom. The van der Waals surface area contributed by atoms with Gasteiger partial charge in [0.25, 0.3) is 5.56 Å². The molecule has 0 aliphatic carbocycles. The molecule has 2 aromatic heterocycles. The highest BCUT2D eigenvalue weighted by atomic mass is 79.9. The van der Waals surface area contributed by atoms with Crippen LogP contribution in [0.5, 0.6) is 0 Å².